The van der Waals surface area contributed by atoms with Crippen molar-refractivity contribution in [2.24, 2.45) is 0 Å². The second-order valence-corrected chi connectivity index (χ2v) is 2.53. The third-order valence-electron chi connectivity index (χ3n) is 1.44. The molecule has 0 saturated carbocycles. The van der Waals surface area contributed by atoms with Crippen molar-refractivity contribution in [1.82, 2.24) is 0 Å². The van der Waals surface area contributed by atoms with Crippen molar-refractivity contribution in [3.63, 3.8) is 0 Å². The summed E-state index contributed by atoms with van der Waals surface area (Å²) in [5, 5.41) is 33.3. The third-order valence-corrected chi connectivity index (χ3v) is 1.44. The Bertz CT molecular complexity index is 259. The van der Waals surface area contributed by atoms with Crippen molar-refractivity contribution in [1.29, 1.82) is 0 Å². The maximum absolute atomic E-state index is 10.5. The molecule has 0 aromatic carbocycles. The molecule has 0 aromatic rings. The van der Waals surface area contributed by atoms with Crippen molar-refractivity contribution < 1.29 is 151 Å². The fourth-order valence-corrected chi connectivity index (χ4v) is 0.806. The Morgan fingerprint density at radius 3 is 1.41 bits per heavy atom. The van der Waals surface area contributed by atoms with Crippen LogP contribution in [0.1, 0.15) is 15.7 Å². The molecule has 92 valence electrons. The second kappa shape index (κ2) is 12.6. The Kier molecular flexibility index (Phi) is 20.0. The molecule has 0 aliphatic carbocycles. The van der Waals surface area contributed by atoms with E-state index in [1.807, 2.05) is 0 Å². The number of carboxylic acid groups (broad SMARTS) is 3. The Hall–Kier alpha value is 1.56. The molecule has 0 aromatic heterocycles. The summed E-state index contributed by atoms with van der Waals surface area (Å²) in [6.07, 6.45) is -2.30. The minimum atomic E-state index is -2.64. The zero-order chi connectivity index (χ0) is 11.4. The van der Waals surface area contributed by atoms with Gasteiger partial charge in [0, 0.05) is 0 Å². The first kappa shape index (κ1) is 27.0. The monoisotopic (exact) mass is 306 g/mol. The third kappa shape index (κ3) is 10.1. The minimum Gasteiger partial charge on any atom is -1.00 e. The number of aliphatic carboxylic acids is 3. The van der Waals surface area contributed by atoms with Gasteiger partial charge in [0.2, 0.25) is 5.60 Å². The summed E-state index contributed by atoms with van der Waals surface area (Å²) in [5.74, 6) is -5.05. The summed E-state index contributed by atoms with van der Waals surface area (Å²) in [6, 6.07) is 0. The summed E-state index contributed by atoms with van der Waals surface area (Å²) >= 11 is 0. The van der Waals surface area contributed by atoms with Gasteiger partial charge in [-0.05, 0) is 0 Å². The van der Waals surface area contributed by atoms with Crippen LogP contribution in [0.15, 0.2) is 0 Å². The first-order valence-corrected chi connectivity index (χ1v) is 3.33. The topological polar surface area (TPSA) is 173 Å². The van der Waals surface area contributed by atoms with Gasteiger partial charge in [-0.2, -0.15) is 0 Å². The van der Waals surface area contributed by atoms with E-state index < -0.39 is 36.4 Å². The van der Waals surface area contributed by atoms with Crippen LogP contribution < -0.4 is 103 Å². The van der Waals surface area contributed by atoms with E-state index in [1.165, 1.54) is 0 Å². The van der Waals surface area contributed by atoms with Gasteiger partial charge in [-0.1, -0.05) is 0 Å². The molecule has 17 heavy (non-hydrogen) atoms. The molecule has 0 aliphatic rings. The Morgan fingerprint density at radius 1 is 1.00 bits per heavy atom. The molecule has 0 rings (SSSR count). The summed E-state index contributed by atoms with van der Waals surface area (Å²) in [4.78, 5) is 34.4. The number of carboxylic acids is 3. The number of hydrogen-bond acceptors (Lipinski definition) is 5. The molecule has 0 amide bonds. The molecule has 9 nitrogen and oxygen atoms in total. The zero-order valence-electron chi connectivity index (χ0n) is 11.3. The Labute approximate surface area is 184 Å². The van der Waals surface area contributed by atoms with Crippen LogP contribution in [0.5, 0.6) is 0 Å². The van der Waals surface area contributed by atoms with Crippen molar-refractivity contribution in [3.8, 4) is 0 Å². The predicted octanol–water partition coefficient (Wildman–Crippen LogP) is -7.34. The molecular weight excluding hydrogens is 294 g/mol. The van der Waals surface area contributed by atoms with Gasteiger partial charge in [0.15, 0.2) is 0 Å². The number of rotatable bonds is 6. The summed E-state index contributed by atoms with van der Waals surface area (Å²) in [6.45, 7) is 0. The predicted molar refractivity (Wildman–Crippen MR) is 44.4 cm³/mol. The van der Waals surface area contributed by atoms with Crippen LogP contribution in [0.3, 0.4) is 0 Å². The number of hydrogen-bond donors (Lipinski definition) is 4. The van der Waals surface area contributed by atoms with Crippen molar-refractivity contribution in [2.45, 2.75) is 18.4 Å². The van der Waals surface area contributed by atoms with Crippen LogP contribution in [0.2, 0.25) is 0 Å². The van der Waals surface area contributed by atoms with Crippen LogP contribution in [0.4, 0.5) is 0 Å². The van der Waals surface area contributed by atoms with Gasteiger partial charge in [-0.3, -0.25) is 14.8 Å². The standard InChI is InChI=1S/C6H8O8.2K.H2O.2H/c7-3(8)1-6(14-13,5(11)12)2-4(9)10;;;;;/h13H,1-2H2,(H,7,8)(H,9,10)(H,11,12);;;1H2;;/q;2*+1;;2*-1. The molecule has 0 radical (unpaired) electrons. The van der Waals surface area contributed by atoms with Crippen molar-refractivity contribution in [2.75, 3.05) is 0 Å². The summed E-state index contributed by atoms with van der Waals surface area (Å²) < 4.78 is 0. The average Bonchev–Trinajstić information content (AvgIpc) is 2.00. The van der Waals surface area contributed by atoms with E-state index in [0.717, 1.165) is 0 Å². The average molecular weight is 306 g/mol. The normalized spacial score (nSPS) is 9.00. The van der Waals surface area contributed by atoms with Crippen LogP contribution in [-0.4, -0.2) is 49.6 Å². The number of carbonyl (C=O) groups is 3. The second-order valence-electron chi connectivity index (χ2n) is 2.53. The fourth-order valence-electron chi connectivity index (χ4n) is 0.806. The van der Waals surface area contributed by atoms with Gasteiger partial charge in [0.05, 0.1) is 12.8 Å². The maximum Gasteiger partial charge on any atom is 1.00 e. The molecule has 0 unspecified atom stereocenters. The SMILES string of the molecule is O.O=C(O)CC(CC(=O)O)(OO)C(=O)O.[H-].[H-].[K+].[K+]. The molecular formula is C6H12K2O9. The van der Waals surface area contributed by atoms with E-state index in [2.05, 4.69) is 4.89 Å². The summed E-state index contributed by atoms with van der Waals surface area (Å²) in [5.41, 5.74) is -2.64. The molecule has 0 bridgehead atoms. The first-order chi connectivity index (χ1) is 6.34. The van der Waals surface area contributed by atoms with E-state index >= 15 is 0 Å². The van der Waals surface area contributed by atoms with Gasteiger partial charge in [-0.15, -0.1) is 0 Å². The Balaban J connectivity index is -0.0000000845. The maximum atomic E-state index is 10.5. The van der Waals surface area contributed by atoms with E-state index in [-0.39, 0.29) is 111 Å². The summed E-state index contributed by atoms with van der Waals surface area (Å²) in [7, 11) is 0. The van der Waals surface area contributed by atoms with Crippen molar-refractivity contribution in [3.05, 3.63) is 0 Å². The van der Waals surface area contributed by atoms with Gasteiger partial charge < -0.3 is 23.6 Å². The van der Waals surface area contributed by atoms with Crippen molar-refractivity contribution >= 4 is 17.9 Å². The zero-order valence-corrected chi connectivity index (χ0v) is 15.6. The van der Waals surface area contributed by atoms with Crippen LogP contribution >= 0.6 is 0 Å². The first-order valence-electron chi connectivity index (χ1n) is 3.33. The van der Waals surface area contributed by atoms with E-state index in [9.17, 15) is 14.4 Å². The largest absolute Gasteiger partial charge is 1.00 e. The Morgan fingerprint density at radius 2 is 1.29 bits per heavy atom. The van der Waals surface area contributed by atoms with Gasteiger partial charge in [0.1, 0.15) is 0 Å². The van der Waals surface area contributed by atoms with Gasteiger partial charge in [-0.25, -0.2) is 9.68 Å². The van der Waals surface area contributed by atoms with E-state index in [4.69, 9.17) is 20.6 Å². The molecule has 6 N–H and O–H groups in total. The molecule has 0 aliphatic heterocycles. The minimum absolute atomic E-state index is 0. The quantitative estimate of drug-likeness (QED) is 0.213. The van der Waals surface area contributed by atoms with Gasteiger partial charge >= 0.3 is 121 Å². The van der Waals surface area contributed by atoms with Gasteiger partial charge in [0.25, 0.3) is 0 Å². The molecule has 0 fully saturated rings. The van der Waals surface area contributed by atoms with E-state index in [0.29, 0.717) is 0 Å². The van der Waals surface area contributed by atoms with Crippen LogP contribution in [0, 0.1) is 0 Å². The van der Waals surface area contributed by atoms with E-state index in [1.54, 1.807) is 0 Å². The molecule has 0 spiro atoms. The molecule has 0 heterocycles. The smallest absolute Gasteiger partial charge is 1.00 e. The molecule has 0 atom stereocenters. The molecule has 11 heteroatoms. The van der Waals surface area contributed by atoms with Crippen LogP contribution in [0.25, 0.3) is 0 Å². The molecule has 0 saturated heterocycles. The fraction of sp³-hybridized carbons (Fsp3) is 0.500. The van der Waals surface area contributed by atoms with Crippen LogP contribution in [-0.2, 0) is 19.3 Å².